The fourth-order valence-electron chi connectivity index (χ4n) is 2.51. The maximum absolute atomic E-state index is 12.7. The van der Waals surface area contributed by atoms with E-state index in [0.29, 0.717) is 28.7 Å². The normalized spacial score (nSPS) is 23.9. The minimum Gasteiger partial charge on any atom is -0.365 e. The number of thioether (sulfide) groups is 1. The molecular weight excluding hydrogens is 266 g/mol. The van der Waals surface area contributed by atoms with Crippen LogP contribution in [0.3, 0.4) is 0 Å². The molecule has 2 nitrogen and oxygen atoms in total. The number of nitrogens with one attached hydrogen (secondary N) is 1. The van der Waals surface area contributed by atoms with Gasteiger partial charge in [-0.1, -0.05) is 30.8 Å². The molecule has 1 aromatic carbocycles. The van der Waals surface area contributed by atoms with E-state index < -0.39 is 5.76 Å². The zero-order valence-electron chi connectivity index (χ0n) is 11.3. The monoisotopic (exact) mass is 286 g/mol. The highest BCUT2D eigenvalue weighted by molar-refractivity contribution is 7.99. The third-order valence-electron chi connectivity index (χ3n) is 3.48. The lowest BCUT2D eigenvalue weighted by Gasteiger charge is -2.41. The van der Waals surface area contributed by atoms with Gasteiger partial charge in [0.05, 0.1) is 5.69 Å². The minimum atomic E-state index is -2.37. The summed E-state index contributed by atoms with van der Waals surface area (Å²) in [5, 5.41) is 3.45. The third-order valence-corrected chi connectivity index (χ3v) is 4.25. The van der Waals surface area contributed by atoms with Gasteiger partial charge in [0, 0.05) is 30.1 Å². The summed E-state index contributed by atoms with van der Waals surface area (Å²) in [6.07, 6.45) is 1.01. The Morgan fingerprint density at radius 3 is 2.84 bits per heavy atom. The number of hydrogen-bond acceptors (Lipinski definition) is 3. The van der Waals surface area contributed by atoms with E-state index >= 15 is 0 Å². The summed E-state index contributed by atoms with van der Waals surface area (Å²) >= 11 is 0.637. The molecule has 0 spiro atoms. The number of halogens is 2. The highest BCUT2D eigenvalue weighted by Gasteiger charge is 2.26. The second-order valence-corrected chi connectivity index (χ2v) is 5.90. The maximum atomic E-state index is 12.7. The Morgan fingerprint density at radius 1 is 1.42 bits per heavy atom. The molecule has 2 unspecified atom stereocenters. The van der Waals surface area contributed by atoms with Crippen LogP contribution >= 0.6 is 11.8 Å². The molecule has 0 radical (unpaired) electrons. The van der Waals surface area contributed by atoms with E-state index in [1.165, 1.54) is 0 Å². The average molecular weight is 286 g/mol. The van der Waals surface area contributed by atoms with Gasteiger partial charge in [-0.3, -0.25) is 0 Å². The molecule has 1 N–H and O–H groups in total. The lowest BCUT2D eigenvalue weighted by Crippen LogP contribution is -2.55. The van der Waals surface area contributed by atoms with Gasteiger partial charge in [0.15, 0.2) is 0 Å². The second-order valence-electron chi connectivity index (χ2n) is 4.87. The van der Waals surface area contributed by atoms with Crippen molar-refractivity contribution < 1.29 is 8.78 Å². The average Bonchev–Trinajstić information content (AvgIpc) is 2.38. The van der Waals surface area contributed by atoms with Gasteiger partial charge < -0.3 is 10.2 Å². The summed E-state index contributed by atoms with van der Waals surface area (Å²) < 4.78 is 25.3. The molecule has 2 atom stereocenters. The minimum absolute atomic E-state index is 0.371. The lowest BCUT2D eigenvalue weighted by molar-refractivity contribution is 0.252. The van der Waals surface area contributed by atoms with Crippen LogP contribution < -0.4 is 10.2 Å². The van der Waals surface area contributed by atoms with Crippen LogP contribution in [0.2, 0.25) is 0 Å². The fourth-order valence-corrected chi connectivity index (χ4v) is 3.16. The predicted molar refractivity (Wildman–Crippen MR) is 77.2 cm³/mol. The SMILES string of the molecule is CCC1CNC(C)CN1c1ccccc1SC(F)F. The van der Waals surface area contributed by atoms with Gasteiger partial charge in [-0.15, -0.1) is 0 Å². The standard InChI is InChI=1S/C14H20F2N2S/c1-3-11-8-17-10(2)9-18(11)12-6-4-5-7-13(12)19-14(15)16/h4-7,10-11,14,17H,3,8-9H2,1-2H3. The molecule has 1 aromatic rings. The van der Waals surface area contributed by atoms with Crippen molar-refractivity contribution in [2.24, 2.45) is 0 Å². The van der Waals surface area contributed by atoms with Crippen molar-refractivity contribution in [3.63, 3.8) is 0 Å². The molecule has 0 amide bonds. The number of anilines is 1. The number of rotatable bonds is 4. The Morgan fingerprint density at radius 2 is 2.16 bits per heavy atom. The van der Waals surface area contributed by atoms with E-state index in [9.17, 15) is 8.78 Å². The van der Waals surface area contributed by atoms with E-state index in [-0.39, 0.29) is 0 Å². The summed E-state index contributed by atoms with van der Waals surface area (Å²) in [4.78, 5) is 2.94. The van der Waals surface area contributed by atoms with Crippen molar-refractivity contribution >= 4 is 17.4 Å². The van der Waals surface area contributed by atoms with Crippen LogP contribution in [0.1, 0.15) is 20.3 Å². The molecule has 1 heterocycles. The van der Waals surface area contributed by atoms with Crippen molar-refractivity contribution in [2.45, 2.75) is 43.0 Å². The highest BCUT2D eigenvalue weighted by atomic mass is 32.2. The molecule has 0 saturated carbocycles. The fraction of sp³-hybridized carbons (Fsp3) is 0.571. The van der Waals surface area contributed by atoms with Gasteiger partial charge in [0.25, 0.3) is 5.76 Å². The molecule has 106 valence electrons. The first-order valence-corrected chi connectivity index (χ1v) is 7.53. The van der Waals surface area contributed by atoms with Crippen molar-refractivity contribution in [3.05, 3.63) is 24.3 Å². The molecule has 0 aliphatic carbocycles. The van der Waals surface area contributed by atoms with Crippen molar-refractivity contribution in [2.75, 3.05) is 18.0 Å². The van der Waals surface area contributed by atoms with Gasteiger partial charge >= 0.3 is 0 Å². The first kappa shape index (κ1) is 14.6. The molecule has 1 saturated heterocycles. The molecule has 5 heteroatoms. The topological polar surface area (TPSA) is 15.3 Å². The van der Waals surface area contributed by atoms with Crippen LogP contribution in [-0.4, -0.2) is 30.9 Å². The first-order valence-electron chi connectivity index (χ1n) is 6.65. The number of para-hydroxylation sites is 1. The number of nitrogens with zero attached hydrogens (tertiary/aromatic N) is 1. The quantitative estimate of drug-likeness (QED) is 0.852. The molecule has 1 fully saturated rings. The van der Waals surface area contributed by atoms with Crippen molar-refractivity contribution in [3.8, 4) is 0 Å². The Bertz CT molecular complexity index is 414. The summed E-state index contributed by atoms with van der Waals surface area (Å²) in [5.74, 6) is -2.37. The van der Waals surface area contributed by atoms with Gasteiger partial charge in [-0.05, 0) is 25.5 Å². The Kier molecular flexibility index (Phi) is 5.05. The molecule has 2 rings (SSSR count). The summed E-state index contributed by atoms with van der Waals surface area (Å²) in [6.45, 7) is 6.03. The molecule has 1 aliphatic rings. The zero-order valence-corrected chi connectivity index (χ0v) is 12.1. The summed E-state index contributed by atoms with van der Waals surface area (Å²) in [7, 11) is 0. The van der Waals surface area contributed by atoms with Crippen LogP contribution in [0, 0.1) is 0 Å². The van der Waals surface area contributed by atoms with E-state index in [4.69, 9.17) is 0 Å². The number of alkyl halides is 2. The van der Waals surface area contributed by atoms with Crippen LogP contribution in [0.4, 0.5) is 14.5 Å². The predicted octanol–water partition coefficient (Wildman–Crippen LogP) is 3.58. The van der Waals surface area contributed by atoms with Gasteiger partial charge in [-0.25, -0.2) is 0 Å². The van der Waals surface area contributed by atoms with E-state index in [1.54, 1.807) is 6.07 Å². The van der Waals surface area contributed by atoms with E-state index in [1.807, 2.05) is 18.2 Å². The lowest BCUT2D eigenvalue weighted by atomic mass is 10.1. The Balaban J connectivity index is 2.27. The Labute approximate surface area is 117 Å². The molecule has 0 bridgehead atoms. The molecule has 0 aromatic heterocycles. The Hall–Kier alpha value is -0.810. The number of piperazine rings is 1. The third kappa shape index (κ3) is 3.60. The first-order chi connectivity index (χ1) is 9.11. The highest BCUT2D eigenvalue weighted by Crippen LogP contribution is 2.35. The van der Waals surface area contributed by atoms with Gasteiger partial charge in [-0.2, -0.15) is 8.78 Å². The smallest absolute Gasteiger partial charge is 0.288 e. The summed E-state index contributed by atoms with van der Waals surface area (Å²) in [6, 6.07) is 8.23. The van der Waals surface area contributed by atoms with Crippen LogP contribution in [0.25, 0.3) is 0 Å². The van der Waals surface area contributed by atoms with Gasteiger partial charge in [0.1, 0.15) is 0 Å². The van der Waals surface area contributed by atoms with Crippen LogP contribution in [0.15, 0.2) is 29.2 Å². The van der Waals surface area contributed by atoms with Crippen LogP contribution in [-0.2, 0) is 0 Å². The summed E-state index contributed by atoms with van der Waals surface area (Å²) in [5.41, 5.74) is 0.938. The maximum Gasteiger partial charge on any atom is 0.288 e. The number of benzene rings is 1. The molecular formula is C14H20F2N2S. The van der Waals surface area contributed by atoms with E-state index in [0.717, 1.165) is 25.2 Å². The zero-order chi connectivity index (χ0) is 13.8. The molecule has 19 heavy (non-hydrogen) atoms. The van der Waals surface area contributed by atoms with E-state index in [2.05, 4.69) is 24.1 Å². The largest absolute Gasteiger partial charge is 0.365 e. The number of hydrogen-bond donors (Lipinski definition) is 1. The van der Waals surface area contributed by atoms with Gasteiger partial charge in [0.2, 0.25) is 0 Å². The van der Waals surface area contributed by atoms with Crippen molar-refractivity contribution in [1.82, 2.24) is 5.32 Å². The van der Waals surface area contributed by atoms with Crippen molar-refractivity contribution in [1.29, 1.82) is 0 Å². The van der Waals surface area contributed by atoms with Crippen LogP contribution in [0.5, 0.6) is 0 Å². The second kappa shape index (κ2) is 6.57. The molecule has 1 aliphatic heterocycles.